The average Bonchev–Trinajstić information content (AvgIpc) is 2.87. The zero-order chi connectivity index (χ0) is 23.5. The molecular weight excluding hydrogens is 414 g/mol. The molecule has 0 aliphatic rings. The molecule has 3 aromatic rings. The second-order valence-electron chi connectivity index (χ2n) is 7.86. The lowest BCUT2D eigenvalue weighted by molar-refractivity contribution is -0.148. The van der Waals surface area contributed by atoms with Crippen molar-refractivity contribution in [2.24, 2.45) is 5.92 Å². The van der Waals surface area contributed by atoms with Gasteiger partial charge >= 0.3 is 5.97 Å². The molecule has 5 nitrogen and oxygen atoms in total. The lowest BCUT2D eigenvalue weighted by atomic mass is 9.87. The van der Waals surface area contributed by atoms with Gasteiger partial charge < -0.3 is 19.5 Å². The third kappa shape index (κ3) is 7.01. The van der Waals surface area contributed by atoms with E-state index in [1.54, 1.807) is 14.2 Å². The highest BCUT2D eigenvalue weighted by molar-refractivity contribution is 5.74. The Morgan fingerprint density at radius 3 is 2.03 bits per heavy atom. The summed E-state index contributed by atoms with van der Waals surface area (Å²) in [6.45, 7) is 2.20. The van der Waals surface area contributed by atoms with Gasteiger partial charge in [-0.15, -0.1) is 0 Å². The minimum absolute atomic E-state index is 0.188. The van der Waals surface area contributed by atoms with E-state index in [1.807, 2.05) is 73.7 Å². The van der Waals surface area contributed by atoms with Crippen LogP contribution in [-0.4, -0.2) is 26.8 Å². The zero-order valence-corrected chi connectivity index (χ0v) is 19.6. The number of methoxy groups -OCH3 is 2. The van der Waals surface area contributed by atoms with E-state index in [1.165, 1.54) is 5.56 Å². The standard InChI is InChI=1S/C28H33NO4/c1-4-33-28(30)26(12-8-11-21-9-6-5-7-10-21)27(22-13-17-24(31-2)18-14-22)29-23-15-19-25(32-3)20-16-23/h5-7,9-10,13-20,26-27,29H,4,8,11-12H2,1-3H3/t26-,27+/m0/s1. The first-order chi connectivity index (χ1) is 16.1. The summed E-state index contributed by atoms with van der Waals surface area (Å²) < 4.78 is 16.1. The van der Waals surface area contributed by atoms with Gasteiger partial charge in [0.25, 0.3) is 0 Å². The smallest absolute Gasteiger partial charge is 0.311 e. The number of aryl methyl sites for hydroxylation is 1. The number of ether oxygens (including phenoxy) is 3. The normalized spacial score (nSPS) is 12.5. The number of hydrogen-bond acceptors (Lipinski definition) is 5. The van der Waals surface area contributed by atoms with Crippen LogP contribution in [0, 0.1) is 5.92 Å². The van der Waals surface area contributed by atoms with Crippen molar-refractivity contribution in [1.82, 2.24) is 0 Å². The predicted octanol–water partition coefficient (Wildman–Crippen LogP) is 6.06. The van der Waals surface area contributed by atoms with E-state index < -0.39 is 0 Å². The molecule has 0 aliphatic heterocycles. The van der Waals surface area contributed by atoms with Crippen LogP contribution in [0.5, 0.6) is 11.5 Å². The fourth-order valence-corrected chi connectivity index (χ4v) is 3.93. The number of benzene rings is 3. The van der Waals surface area contributed by atoms with Gasteiger partial charge in [-0.2, -0.15) is 0 Å². The Kier molecular flexibility index (Phi) is 9.19. The molecule has 0 amide bonds. The zero-order valence-electron chi connectivity index (χ0n) is 19.6. The predicted molar refractivity (Wildman–Crippen MR) is 132 cm³/mol. The van der Waals surface area contributed by atoms with Crippen LogP contribution in [0.15, 0.2) is 78.9 Å². The van der Waals surface area contributed by atoms with Crippen molar-refractivity contribution in [3.63, 3.8) is 0 Å². The largest absolute Gasteiger partial charge is 0.497 e. The quantitative estimate of drug-likeness (QED) is 0.342. The molecule has 0 bridgehead atoms. The lowest BCUT2D eigenvalue weighted by Crippen LogP contribution is -2.29. The van der Waals surface area contributed by atoms with Gasteiger partial charge in [0.15, 0.2) is 0 Å². The maximum atomic E-state index is 13.1. The van der Waals surface area contributed by atoms with Gasteiger partial charge in [-0.25, -0.2) is 0 Å². The molecule has 174 valence electrons. The minimum atomic E-state index is -0.343. The first-order valence-corrected chi connectivity index (χ1v) is 11.4. The van der Waals surface area contributed by atoms with Crippen molar-refractivity contribution in [3.05, 3.63) is 90.0 Å². The van der Waals surface area contributed by atoms with E-state index >= 15 is 0 Å². The van der Waals surface area contributed by atoms with E-state index in [0.29, 0.717) is 13.0 Å². The summed E-state index contributed by atoms with van der Waals surface area (Å²) in [6, 6.07) is 25.7. The third-order valence-electron chi connectivity index (χ3n) is 5.70. The Balaban J connectivity index is 1.87. The molecule has 0 radical (unpaired) electrons. The number of hydrogen-bond donors (Lipinski definition) is 1. The number of esters is 1. The van der Waals surface area contributed by atoms with Crippen LogP contribution in [0.25, 0.3) is 0 Å². The topological polar surface area (TPSA) is 56.8 Å². The molecule has 0 saturated heterocycles. The highest BCUT2D eigenvalue weighted by Gasteiger charge is 2.31. The Labute approximate surface area is 196 Å². The first-order valence-electron chi connectivity index (χ1n) is 11.4. The molecule has 0 saturated carbocycles. The summed E-state index contributed by atoms with van der Waals surface area (Å²) in [4.78, 5) is 13.1. The summed E-state index contributed by atoms with van der Waals surface area (Å²) >= 11 is 0. The van der Waals surface area contributed by atoms with Crippen LogP contribution in [-0.2, 0) is 16.0 Å². The van der Waals surface area contributed by atoms with Crippen LogP contribution in [0.4, 0.5) is 5.69 Å². The van der Waals surface area contributed by atoms with Gasteiger partial charge in [0.2, 0.25) is 0 Å². The van der Waals surface area contributed by atoms with E-state index in [4.69, 9.17) is 14.2 Å². The SMILES string of the molecule is CCOC(=O)[C@@H](CCCc1ccccc1)[C@H](Nc1ccc(OC)cc1)c1ccc(OC)cc1. The van der Waals surface area contributed by atoms with Crippen molar-refractivity contribution in [2.45, 2.75) is 32.2 Å². The Bertz CT molecular complexity index is 971. The van der Waals surface area contributed by atoms with Crippen LogP contribution < -0.4 is 14.8 Å². The maximum Gasteiger partial charge on any atom is 0.311 e. The van der Waals surface area contributed by atoms with E-state index in [2.05, 4.69) is 17.4 Å². The van der Waals surface area contributed by atoms with E-state index in [0.717, 1.165) is 35.6 Å². The summed E-state index contributed by atoms with van der Waals surface area (Å²) in [5.41, 5.74) is 3.18. The maximum absolute atomic E-state index is 13.1. The van der Waals surface area contributed by atoms with Gasteiger partial charge in [0.05, 0.1) is 32.8 Å². The number of rotatable bonds is 12. The molecule has 0 aromatic heterocycles. The molecule has 33 heavy (non-hydrogen) atoms. The highest BCUT2D eigenvalue weighted by Crippen LogP contribution is 2.33. The third-order valence-corrected chi connectivity index (χ3v) is 5.70. The summed E-state index contributed by atoms with van der Waals surface area (Å²) in [5, 5.41) is 3.57. The lowest BCUT2D eigenvalue weighted by Gasteiger charge is -2.28. The van der Waals surface area contributed by atoms with Crippen molar-refractivity contribution >= 4 is 11.7 Å². The summed E-state index contributed by atoms with van der Waals surface area (Å²) in [7, 11) is 3.29. The van der Waals surface area contributed by atoms with Crippen molar-refractivity contribution < 1.29 is 19.0 Å². The summed E-state index contributed by atoms with van der Waals surface area (Å²) in [5.74, 6) is 1.03. The molecule has 0 unspecified atom stereocenters. The average molecular weight is 448 g/mol. The first kappa shape index (κ1) is 24.2. The van der Waals surface area contributed by atoms with Gasteiger partial charge in [-0.05, 0) is 73.7 Å². The molecule has 0 aliphatic carbocycles. The summed E-state index contributed by atoms with van der Waals surface area (Å²) in [6.07, 6.45) is 2.49. The van der Waals surface area contributed by atoms with Gasteiger partial charge in [-0.1, -0.05) is 42.5 Å². The number of carbonyl (C=O) groups excluding carboxylic acids is 1. The Morgan fingerprint density at radius 2 is 1.45 bits per heavy atom. The second kappa shape index (κ2) is 12.5. The van der Waals surface area contributed by atoms with Gasteiger partial charge in [0, 0.05) is 5.69 Å². The molecular formula is C28H33NO4. The molecule has 0 fully saturated rings. The molecule has 1 N–H and O–H groups in total. The van der Waals surface area contributed by atoms with Crippen LogP contribution >= 0.6 is 0 Å². The second-order valence-corrected chi connectivity index (χ2v) is 7.86. The van der Waals surface area contributed by atoms with Gasteiger partial charge in [0.1, 0.15) is 11.5 Å². The number of carbonyl (C=O) groups is 1. The number of nitrogens with one attached hydrogen (secondary N) is 1. The molecule has 0 heterocycles. The van der Waals surface area contributed by atoms with Crippen LogP contribution in [0.1, 0.15) is 36.9 Å². The molecule has 5 heteroatoms. The molecule has 3 aromatic carbocycles. The van der Waals surface area contributed by atoms with Crippen molar-refractivity contribution in [2.75, 3.05) is 26.1 Å². The molecule has 2 atom stereocenters. The van der Waals surface area contributed by atoms with E-state index in [-0.39, 0.29) is 17.9 Å². The van der Waals surface area contributed by atoms with E-state index in [9.17, 15) is 4.79 Å². The Hall–Kier alpha value is -3.47. The monoisotopic (exact) mass is 447 g/mol. The fraction of sp³-hybridized carbons (Fsp3) is 0.321. The van der Waals surface area contributed by atoms with Crippen LogP contribution in [0.2, 0.25) is 0 Å². The minimum Gasteiger partial charge on any atom is -0.497 e. The number of anilines is 1. The van der Waals surface area contributed by atoms with Crippen molar-refractivity contribution in [3.8, 4) is 11.5 Å². The highest BCUT2D eigenvalue weighted by atomic mass is 16.5. The van der Waals surface area contributed by atoms with Crippen LogP contribution in [0.3, 0.4) is 0 Å². The van der Waals surface area contributed by atoms with Crippen molar-refractivity contribution in [1.29, 1.82) is 0 Å². The fourth-order valence-electron chi connectivity index (χ4n) is 3.93. The Morgan fingerprint density at radius 1 is 0.848 bits per heavy atom. The molecule has 0 spiro atoms. The molecule has 3 rings (SSSR count). The van der Waals surface area contributed by atoms with Gasteiger partial charge in [-0.3, -0.25) is 4.79 Å².